The molecule has 0 radical (unpaired) electrons. The van der Waals surface area contributed by atoms with Crippen LogP contribution in [0.3, 0.4) is 0 Å². The van der Waals surface area contributed by atoms with Gasteiger partial charge >= 0.3 is 0 Å². The highest BCUT2D eigenvalue weighted by atomic mass is 16.5. The Hall–Kier alpha value is -1.33. The Labute approximate surface area is 96.2 Å². The lowest BCUT2D eigenvalue weighted by molar-refractivity contribution is 0.0365. The summed E-state index contributed by atoms with van der Waals surface area (Å²) >= 11 is 0. The Morgan fingerprint density at radius 2 is 2.06 bits per heavy atom. The summed E-state index contributed by atoms with van der Waals surface area (Å²) in [6.07, 6.45) is 3.59. The van der Waals surface area contributed by atoms with E-state index in [-0.39, 0.29) is 6.10 Å². The average Bonchev–Trinajstić information content (AvgIpc) is 2.34. The molecule has 1 aromatic rings. The van der Waals surface area contributed by atoms with Crippen molar-refractivity contribution in [1.82, 2.24) is 4.98 Å². The number of anilines is 2. The van der Waals surface area contributed by atoms with E-state index in [1.807, 2.05) is 13.1 Å². The van der Waals surface area contributed by atoms with Crippen LogP contribution in [0.15, 0.2) is 18.5 Å². The van der Waals surface area contributed by atoms with Gasteiger partial charge in [0.15, 0.2) is 0 Å². The van der Waals surface area contributed by atoms with E-state index >= 15 is 0 Å². The van der Waals surface area contributed by atoms with Crippen LogP contribution in [0.4, 0.5) is 11.4 Å². The molecule has 1 unspecified atom stereocenters. The zero-order valence-electron chi connectivity index (χ0n) is 9.99. The van der Waals surface area contributed by atoms with Crippen molar-refractivity contribution < 1.29 is 9.47 Å². The minimum atomic E-state index is 0.0447. The van der Waals surface area contributed by atoms with Crippen LogP contribution < -0.4 is 10.6 Å². The lowest BCUT2D eigenvalue weighted by atomic mass is 10.3. The molecule has 0 aliphatic heterocycles. The second-order valence-electron chi connectivity index (χ2n) is 3.41. The molecule has 1 heterocycles. The molecule has 5 nitrogen and oxygen atoms in total. The van der Waals surface area contributed by atoms with E-state index in [1.165, 1.54) is 0 Å². The third-order valence-electron chi connectivity index (χ3n) is 2.25. The second kappa shape index (κ2) is 7.03. The molecule has 0 aliphatic carbocycles. The van der Waals surface area contributed by atoms with Gasteiger partial charge in [-0.25, -0.2) is 0 Å². The molecule has 0 bridgehead atoms. The number of ether oxygens (including phenoxy) is 2. The lowest BCUT2D eigenvalue weighted by Gasteiger charge is -2.15. The van der Waals surface area contributed by atoms with Gasteiger partial charge in [0.1, 0.15) is 0 Å². The first-order chi connectivity index (χ1) is 7.80. The summed E-state index contributed by atoms with van der Waals surface area (Å²) < 4.78 is 10.3. The van der Waals surface area contributed by atoms with Crippen molar-refractivity contribution >= 4 is 11.4 Å². The van der Waals surface area contributed by atoms with Gasteiger partial charge in [-0.2, -0.15) is 0 Å². The smallest absolute Gasteiger partial charge is 0.0976 e. The number of methoxy groups -OCH3 is 2. The van der Waals surface area contributed by atoms with Crippen molar-refractivity contribution in [3.63, 3.8) is 0 Å². The molecular weight excluding hydrogens is 206 g/mol. The lowest BCUT2D eigenvalue weighted by Crippen LogP contribution is -2.26. The molecule has 0 aliphatic rings. The number of aromatic nitrogens is 1. The van der Waals surface area contributed by atoms with Crippen molar-refractivity contribution in [1.29, 1.82) is 0 Å². The maximum absolute atomic E-state index is 5.25. The van der Waals surface area contributed by atoms with E-state index in [9.17, 15) is 0 Å². The molecule has 16 heavy (non-hydrogen) atoms. The first kappa shape index (κ1) is 12.7. The number of nitrogens with one attached hydrogen (secondary N) is 2. The van der Waals surface area contributed by atoms with Crippen LogP contribution >= 0.6 is 0 Å². The maximum Gasteiger partial charge on any atom is 0.0976 e. The predicted octanol–water partition coefficient (Wildman–Crippen LogP) is 1.20. The topological polar surface area (TPSA) is 55.4 Å². The molecule has 0 saturated heterocycles. The summed E-state index contributed by atoms with van der Waals surface area (Å²) in [5, 5.41) is 6.28. The van der Waals surface area contributed by atoms with Gasteiger partial charge in [0.05, 0.1) is 36.5 Å². The number of hydrogen-bond donors (Lipinski definition) is 2. The molecule has 0 fully saturated rings. The molecular formula is C11H19N3O2. The van der Waals surface area contributed by atoms with Gasteiger partial charge < -0.3 is 20.1 Å². The maximum atomic E-state index is 5.25. The molecule has 1 aromatic heterocycles. The molecule has 0 spiro atoms. The van der Waals surface area contributed by atoms with E-state index in [1.54, 1.807) is 26.6 Å². The minimum absolute atomic E-state index is 0.0447. The van der Waals surface area contributed by atoms with Crippen LogP contribution in [0.1, 0.15) is 0 Å². The van der Waals surface area contributed by atoms with Crippen LogP contribution in [0.25, 0.3) is 0 Å². The minimum Gasteiger partial charge on any atom is -0.387 e. The van der Waals surface area contributed by atoms with Crippen LogP contribution in [-0.2, 0) is 9.47 Å². The molecule has 90 valence electrons. The average molecular weight is 225 g/mol. The van der Waals surface area contributed by atoms with Gasteiger partial charge in [-0.3, -0.25) is 4.98 Å². The van der Waals surface area contributed by atoms with Gasteiger partial charge in [-0.05, 0) is 6.07 Å². The number of hydrogen-bond acceptors (Lipinski definition) is 5. The van der Waals surface area contributed by atoms with Crippen LogP contribution in [0.2, 0.25) is 0 Å². The van der Waals surface area contributed by atoms with Crippen LogP contribution in [0, 0.1) is 0 Å². The summed E-state index contributed by atoms with van der Waals surface area (Å²) in [5.74, 6) is 0. The monoisotopic (exact) mass is 225 g/mol. The highest BCUT2D eigenvalue weighted by Crippen LogP contribution is 2.12. The standard InChI is InChI=1S/C11H19N3O2/c1-12-9-4-10(6-13-5-9)14-7-11(16-3)8-15-2/h4-6,11-12,14H,7-8H2,1-3H3. The first-order valence-electron chi connectivity index (χ1n) is 5.18. The molecule has 2 N–H and O–H groups in total. The summed E-state index contributed by atoms with van der Waals surface area (Å²) in [6.45, 7) is 1.27. The Balaban J connectivity index is 2.46. The Kier molecular flexibility index (Phi) is 5.60. The summed E-state index contributed by atoms with van der Waals surface area (Å²) in [7, 11) is 5.20. The molecule has 0 aromatic carbocycles. The number of pyridine rings is 1. The zero-order chi connectivity index (χ0) is 11.8. The third kappa shape index (κ3) is 4.04. The normalized spacial score (nSPS) is 12.2. The Bertz CT molecular complexity index is 307. The van der Waals surface area contributed by atoms with Crippen LogP contribution in [0.5, 0.6) is 0 Å². The SMILES string of the molecule is CNc1cncc(NCC(COC)OC)c1. The highest BCUT2D eigenvalue weighted by Gasteiger charge is 2.06. The van der Waals surface area contributed by atoms with Crippen molar-refractivity contribution in [3.8, 4) is 0 Å². The van der Waals surface area contributed by atoms with Gasteiger partial charge in [0.2, 0.25) is 0 Å². The first-order valence-corrected chi connectivity index (χ1v) is 5.18. The molecule has 1 rings (SSSR count). The van der Waals surface area contributed by atoms with E-state index in [0.29, 0.717) is 13.2 Å². The van der Waals surface area contributed by atoms with E-state index in [4.69, 9.17) is 9.47 Å². The summed E-state index contributed by atoms with van der Waals surface area (Å²) in [6, 6.07) is 1.99. The molecule has 5 heteroatoms. The van der Waals surface area contributed by atoms with Gasteiger partial charge in [-0.1, -0.05) is 0 Å². The van der Waals surface area contributed by atoms with Crippen molar-refractivity contribution in [3.05, 3.63) is 18.5 Å². The van der Waals surface area contributed by atoms with E-state index in [0.717, 1.165) is 11.4 Å². The van der Waals surface area contributed by atoms with Crippen molar-refractivity contribution in [2.75, 3.05) is 45.1 Å². The summed E-state index contributed by atoms with van der Waals surface area (Å²) in [5.41, 5.74) is 1.94. The fourth-order valence-corrected chi connectivity index (χ4v) is 1.30. The van der Waals surface area contributed by atoms with Gasteiger partial charge in [0, 0.05) is 27.8 Å². The Morgan fingerprint density at radius 1 is 1.31 bits per heavy atom. The largest absolute Gasteiger partial charge is 0.387 e. The molecule has 0 saturated carbocycles. The zero-order valence-corrected chi connectivity index (χ0v) is 9.99. The van der Waals surface area contributed by atoms with E-state index < -0.39 is 0 Å². The quantitative estimate of drug-likeness (QED) is 0.730. The van der Waals surface area contributed by atoms with Crippen molar-refractivity contribution in [2.24, 2.45) is 0 Å². The van der Waals surface area contributed by atoms with E-state index in [2.05, 4.69) is 15.6 Å². The molecule has 0 amide bonds. The van der Waals surface area contributed by atoms with Crippen molar-refractivity contribution in [2.45, 2.75) is 6.10 Å². The van der Waals surface area contributed by atoms with Gasteiger partial charge in [0.25, 0.3) is 0 Å². The highest BCUT2D eigenvalue weighted by molar-refractivity contribution is 5.53. The Morgan fingerprint density at radius 3 is 2.69 bits per heavy atom. The second-order valence-corrected chi connectivity index (χ2v) is 3.41. The number of rotatable bonds is 7. The fourth-order valence-electron chi connectivity index (χ4n) is 1.30. The predicted molar refractivity (Wildman–Crippen MR) is 64.9 cm³/mol. The fraction of sp³-hybridized carbons (Fsp3) is 0.545. The van der Waals surface area contributed by atoms with Gasteiger partial charge in [-0.15, -0.1) is 0 Å². The molecule has 1 atom stereocenters. The summed E-state index contributed by atoms with van der Waals surface area (Å²) in [4.78, 5) is 4.11. The van der Waals surface area contributed by atoms with Crippen LogP contribution in [-0.4, -0.2) is 45.5 Å². The number of nitrogens with zero attached hydrogens (tertiary/aromatic N) is 1. The third-order valence-corrected chi connectivity index (χ3v) is 2.25.